The molecular weight excluding hydrogens is 230 g/mol. The van der Waals surface area contributed by atoms with Crippen LogP contribution in [0, 0.1) is 5.92 Å². The lowest BCUT2D eigenvalue weighted by Gasteiger charge is -2.13. The van der Waals surface area contributed by atoms with E-state index in [0.29, 0.717) is 12.5 Å². The summed E-state index contributed by atoms with van der Waals surface area (Å²) in [4.78, 5) is 24.4. The van der Waals surface area contributed by atoms with Gasteiger partial charge < -0.3 is 10.2 Å². The first-order valence-electron chi connectivity index (χ1n) is 5.51. The van der Waals surface area contributed by atoms with Gasteiger partial charge in [-0.2, -0.15) is 0 Å². The van der Waals surface area contributed by atoms with Crippen LogP contribution >= 0.6 is 11.6 Å². The van der Waals surface area contributed by atoms with Gasteiger partial charge in [0.25, 0.3) is 0 Å². The van der Waals surface area contributed by atoms with E-state index in [4.69, 9.17) is 11.6 Å². The molecule has 0 aliphatic carbocycles. The maximum Gasteiger partial charge on any atom is 0.321 e. The Labute approximate surface area is 101 Å². The topological polar surface area (TPSA) is 61.4 Å². The zero-order chi connectivity index (χ0) is 12.0. The van der Waals surface area contributed by atoms with E-state index < -0.39 is 11.9 Å². The van der Waals surface area contributed by atoms with E-state index in [1.807, 2.05) is 0 Å². The molecule has 0 saturated carbocycles. The van der Waals surface area contributed by atoms with Gasteiger partial charge in [0.2, 0.25) is 5.91 Å². The standard InChI is InChI=1S/C10H18ClN3O2/c1-2-14-4-3-8(7-14)6-12-10(16)13-9(15)5-11/h8H,2-7H2,1H3,(H2,12,13,15,16). The van der Waals surface area contributed by atoms with E-state index in [-0.39, 0.29) is 5.88 Å². The fraction of sp³-hybridized carbons (Fsp3) is 0.800. The third-order valence-electron chi connectivity index (χ3n) is 2.74. The number of urea groups is 1. The van der Waals surface area contributed by atoms with E-state index in [2.05, 4.69) is 22.5 Å². The van der Waals surface area contributed by atoms with Crippen molar-refractivity contribution in [2.75, 3.05) is 32.1 Å². The second-order valence-corrected chi connectivity index (χ2v) is 4.21. The summed E-state index contributed by atoms with van der Waals surface area (Å²) >= 11 is 5.26. The Kier molecular flexibility index (Phi) is 5.55. The van der Waals surface area contributed by atoms with Crippen molar-refractivity contribution in [1.82, 2.24) is 15.5 Å². The first-order chi connectivity index (χ1) is 7.65. The predicted molar refractivity (Wildman–Crippen MR) is 62.5 cm³/mol. The molecule has 1 unspecified atom stereocenters. The van der Waals surface area contributed by atoms with Crippen molar-refractivity contribution < 1.29 is 9.59 Å². The van der Waals surface area contributed by atoms with Crippen molar-refractivity contribution in [1.29, 1.82) is 0 Å². The molecule has 0 spiro atoms. The molecule has 1 aliphatic heterocycles. The highest BCUT2D eigenvalue weighted by Crippen LogP contribution is 2.14. The monoisotopic (exact) mass is 247 g/mol. The van der Waals surface area contributed by atoms with Gasteiger partial charge in [0, 0.05) is 13.1 Å². The van der Waals surface area contributed by atoms with Gasteiger partial charge >= 0.3 is 6.03 Å². The molecule has 92 valence electrons. The Bertz CT molecular complexity index is 260. The van der Waals surface area contributed by atoms with Crippen molar-refractivity contribution >= 4 is 23.5 Å². The Morgan fingerprint density at radius 2 is 2.25 bits per heavy atom. The van der Waals surface area contributed by atoms with Gasteiger partial charge in [0.05, 0.1) is 0 Å². The predicted octanol–water partition coefficient (Wildman–Crippen LogP) is 0.393. The number of alkyl halides is 1. The molecule has 16 heavy (non-hydrogen) atoms. The fourth-order valence-electron chi connectivity index (χ4n) is 1.81. The van der Waals surface area contributed by atoms with Crippen molar-refractivity contribution in [2.45, 2.75) is 13.3 Å². The molecule has 1 aliphatic rings. The molecule has 1 heterocycles. The number of nitrogens with zero attached hydrogens (tertiary/aromatic N) is 1. The van der Waals surface area contributed by atoms with E-state index in [0.717, 1.165) is 26.1 Å². The second-order valence-electron chi connectivity index (χ2n) is 3.94. The summed E-state index contributed by atoms with van der Waals surface area (Å²) in [6, 6.07) is -0.458. The Morgan fingerprint density at radius 3 is 2.81 bits per heavy atom. The zero-order valence-electron chi connectivity index (χ0n) is 9.46. The molecule has 1 atom stereocenters. The highest BCUT2D eigenvalue weighted by atomic mass is 35.5. The molecule has 1 fully saturated rings. The van der Waals surface area contributed by atoms with Crippen molar-refractivity contribution in [3.8, 4) is 0 Å². The third kappa shape index (κ3) is 4.37. The molecule has 0 aromatic heterocycles. The molecule has 5 nitrogen and oxygen atoms in total. The lowest BCUT2D eigenvalue weighted by Crippen LogP contribution is -2.42. The van der Waals surface area contributed by atoms with E-state index in [1.54, 1.807) is 0 Å². The average Bonchev–Trinajstić information content (AvgIpc) is 2.74. The molecule has 6 heteroatoms. The highest BCUT2D eigenvalue weighted by molar-refractivity contribution is 6.28. The number of amides is 3. The number of hydrogen-bond donors (Lipinski definition) is 2. The lowest BCUT2D eigenvalue weighted by atomic mass is 10.1. The number of imide groups is 1. The van der Waals surface area contributed by atoms with Crippen LogP contribution in [0.1, 0.15) is 13.3 Å². The molecule has 1 saturated heterocycles. The molecule has 1 rings (SSSR count). The van der Waals surface area contributed by atoms with Gasteiger partial charge in [0.1, 0.15) is 5.88 Å². The summed E-state index contributed by atoms with van der Waals surface area (Å²) in [5, 5.41) is 4.82. The van der Waals surface area contributed by atoms with Crippen LogP contribution in [0.15, 0.2) is 0 Å². The maximum absolute atomic E-state index is 11.2. The summed E-state index contributed by atoms with van der Waals surface area (Å²) < 4.78 is 0. The van der Waals surface area contributed by atoms with Crippen LogP contribution in [-0.2, 0) is 4.79 Å². The van der Waals surface area contributed by atoms with Crippen LogP contribution in [0.2, 0.25) is 0 Å². The van der Waals surface area contributed by atoms with Gasteiger partial charge in [-0.25, -0.2) is 4.79 Å². The van der Waals surface area contributed by atoms with Crippen LogP contribution in [0.5, 0.6) is 0 Å². The number of hydrogen-bond acceptors (Lipinski definition) is 3. The third-order valence-corrected chi connectivity index (χ3v) is 2.99. The average molecular weight is 248 g/mol. The van der Waals surface area contributed by atoms with Crippen LogP contribution in [0.3, 0.4) is 0 Å². The van der Waals surface area contributed by atoms with Gasteiger partial charge in [-0.15, -0.1) is 11.6 Å². The first-order valence-corrected chi connectivity index (χ1v) is 6.05. The zero-order valence-corrected chi connectivity index (χ0v) is 10.2. The normalized spacial score (nSPS) is 20.8. The van der Waals surface area contributed by atoms with Crippen molar-refractivity contribution in [3.63, 3.8) is 0 Å². The number of halogens is 1. The van der Waals surface area contributed by atoms with Crippen LogP contribution in [0.4, 0.5) is 4.79 Å². The number of nitrogens with one attached hydrogen (secondary N) is 2. The summed E-state index contributed by atoms with van der Waals surface area (Å²) in [5.41, 5.74) is 0. The van der Waals surface area contributed by atoms with Gasteiger partial charge in [-0.05, 0) is 25.4 Å². The fourth-order valence-corrected chi connectivity index (χ4v) is 1.87. The summed E-state index contributed by atoms with van der Waals surface area (Å²) in [6.07, 6.45) is 1.09. The van der Waals surface area contributed by atoms with Gasteiger partial charge in [0.15, 0.2) is 0 Å². The van der Waals surface area contributed by atoms with E-state index in [1.165, 1.54) is 0 Å². The maximum atomic E-state index is 11.2. The molecule has 2 N–H and O–H groups in total. The Morgan fingerprint density at radius 1 is 1.50 bits per heavy atom. The molecule has 3 amide bonds. The summed E-state index contributed by atoms with van der Waals surface area (Å²) in [6.45, 7) is 5.89. The Hall–Kier alpha value is -0.810. The largest absolute Gasteiger partial charge is 0.337 e. The number of rotatable bonds is 4. The summed E-state index contributed by atoms with van der Waals surface area (Å²) in [5.74, 6) is -0.182. The van der Waals surface area contributed by atoms with Crippen LogP contribution < -0.4 is 10.6 Å². The number of likely N-dealkylation sites (tertiary alicyclic amines) is 1. The highest BCUT2D eigenvalue weighted by Gasteiger charge is 2.21. The van der Waals surface area contributed by atoms with Crippen LogP contribution in [-0.4, -0.2) is 48.9 Å². The SMILES string of the molecule is CCN1CCC(CNC(=O)NC(=O)CCl)C1. The first kappa shape index (κ1) is 13.3. The number of carbonyl (C=O) groups is 2. The molecule has 0 radical (unpaired) electrons. The van der Waals surface area contributed by atoms with Gasteiger partial charge in [-0.3, -0.25) is 10.1 Å². The minimum Gasteiger partial charge on any atom is -0.337 e. The molecule has 0 aromatic rings. The minimum absolute atomic E-state index is 0.194. The van der Waals surface area contributed by atoms with Crippen molar-refractivity contribution in [3.05, 3.63) is 0 Å². The second kappa shape index (κ2) is 6.70. The minimum atomic E-state index is -0.472. The lowest BCUT2D eigenvalue weighted by molar-refractivity contribution is -0.117. The van der Waals surface area contributed by atoms with E-state index >= 15 is 0 Å². The van der Waals surface area contributed by atoms with Crippen LogP contribution in [0.25, 0.3) is 0 Å². The Balaban J connectivity index is 2.15. The van der Waals surface area contributed by atoms with Crippen molar-refractivity contribution in [2.24, 2.45) is 5.92 Å². The van der Waals surface area contributed by atoms with E-state index in [9.17, 15) is 9.59 Å². The quantitative estimate of drug-likeness (QED) is 0.707. The number of carbonyl (C=O) groups excluding carboxylic acids is 2. The summed E-state index contributed by atoms with van der Waals surface area (Å²) in [7, 11) is 0. The molecule has 0 bridgehead atoms. The van der Waals surface area contributed by atoms with Gasteiger partial charge in [-0.1, -0.05) is 6.92 Å². The molecule has 0 aromatic carbocycles. The molecular formula is C10H18ClN3O2. The smallest absolute Gasteiger partial charge is 0.321 e.